The van der Waals surface area contributed by atoms with Gasteiger partial charge >= 0.3 is 35.8 Å². The Labute approximate surface area is 356 Å². The van der Waals surface area contributed by atoms with E-state index in [1.807, 2.05) is 83.1 Å². The number of esters is 6. The molecule has 0 aromatic heterocycles. The van der Waals surface area contributed by atoms with Gasteiger partial charge in [-0.25, -0.2) is 0 Å². The minimum atomic E-state index is -1.35. The summed E-state index contributed by atoms with van der Waals surface area (Å²) >= 11 is 0. The summed E-state index contributed by atoms with van der Waals surface area (Å²) in [7, 11) is 0. The quantitative estimate of drug-likeness (QED) is 0.0446. The number of carbonyl (C=O) groups excluding carboxylic acids is 6. The van der Waals surface area contributed by atoms with Gasteiger partial charge in [0.05, 0.1) is 24.0 Å². The van der Waals surface area contributed by atoms with Crippen LogP contribution in [0.3, 0.4) is 0 Å². The van der Waals surface area contributed by atoms with E-state index in [0.717, 1.165) is 0 Å². The molecule has 0 aliphatic carbocycles. The molecule has 0 spiro atoms. The van der Waals surface area contributed by atoms with Gasteiger partial charge in [-0.2, -0.15) is 0 Å². The summed E-state index contributed by atoms with van der Waals surface area (Å²) in [6.07, 6.45) is 4.54. The molecule has 0 rings (SSSR count). The third kappa shape index (κ3) is 30.5. The summed E-state index contributed by atoms with van der Waals surface area (Å²) in [5.74, 6) is -1.27. The van der Waals surface area contributed by atoms with Gasteiger partial charge in [0.2, 0.25) is 0 Å². The van der Waals surface area contributed by atoms with Crippen molar-refractivity contribution in [2.75, 3.05) is 52.9 Å². The van der Waals surface area contributed by atoms with Crippen LogP contribution in [0.25, 0.3) is 0 Å². The zero-order chi connectivity index (χ0) is 45.0. The molecule has 0 N–H and O–H groups in total. The number of ether oxygens (including phenoxy) is 7. The van der Waals surface area contributed by atoms with Crippen LogP contribution in [0.1, 0.15) is 160 Å². The summed E-state index contributed by atoms with van der Waals surface area (Å²) in [4.78, 5) is 77.8. The summed E-state index contributed by atoms with van der Waals surface area (Å²) in [6, 6.07) is 0. The third-order valence-electron chi connectivity index (χ3n) is 9.61. The van der Waals surface area contributed by atoms with E-state index in [-0.39, 0.29) is 127 Å². The summed E-state index contributed by atoms with van der Waals surface area (Å²) in [6.45, 7) is 21.6. The van der Waals surface area contributed by atoms with E-state index in [4.69, 9.17) is 33.2 Å². The molecule has 0 amide bonds. The molecular weight excluding hydrogens is 760 g/mol. The van der Waals surface area contributed by atoms with Crippen molar-refractivity contribution in [2.45, 2.75) is 160 Å². The van der Waals surface area contributed by atoms with Crippen molar-refractivity contribution in [2.24, 2.45) is 46.3 Å². The fourth-order valence-corrected chi connectivity index (χ4v) is 5.26. The number of carbonyl (C=O) groups is 6. The van der Waals surface area contributed by atoms with E-state index in [0.29, 0.717) is 38.5 Å². The molecule has 13 heteroatoms. The van der Waals surface area contributed by atoms with Crippen LogP contribution in [0.4, 0.5) is 0 Å². The lowest BCUT2D eigenvalue weighted by Gasteiger charge is -2.35. The maximum absolute atomic E-state index is 13.0. The molecule has 0 saturated carbocycles. The lowest BCUT2D eigenvalue weighted by atomic mass is 9.90. The Kier molecular flexibility index (Phi) is 29.1. The number of hydrogen-bond acceptors (Lipinski definition) is 13. The zero-order valence-electron chi connectivity index (χ0n) is 38.9. The summed E-state index contributed by atoms with van der Waals surface area (Å²) in [5, 5.41) is 0. The molecule has 0 saturated heterocycles. The fraction of sp³-hybridized carbons (Fsp3) is 0.870. The largest absolute Gasteiger partial charge is 0.465 e. The van der Waals surface area contributed by atoms with Gasteiger partial charge in [0.15, 0.2) is 0 Å². The second-order valence-corrected chi connectivity index (χ2v) is 19.1. The van der Waals surface area contributed by atoms with Gasteiger partial charge in [-0.3, -0.25) is 28.8 Å². The highest BCUT2D eigenvalue weighted by molar-refractivity contribution is 5.71. The Morgan fingerprint density at radius 2 is 0.441 bits per heavy atom. The molecule has 0 aliphatic rings. The van der Waals surface area contributed by atoms with Crippen molar-refractivity contribution in [1.29, 1.82) is 0 Å². The lowest BCUT2D eigenvalue weighted by Crippen LogP contribution is -2.47. The number of hydrogen-bond donors (Lipinski definition) is 0. The topological polar surface area (TPSA) is 167 Å². The predicted octanol–water partition coefficient (Wildman–Crippen LogP) is 8.85. The second-order valence-electron chi connectivity index (χ2n) is 19.1. The standard InChI is InChI=1S/C46H82O13/c1-33(2)13-19-39(47)54-27-45(28-55-40(48)20-14-34(3)4,29-56-41(49)21-15-35(5)6)25-53-26-46(30-57-42(50)22-16-36(7)8,31-58-43(51)23-17-37(9)10)32-59-44(52)24-18-38(11)12/h33-38H,13-32H2,1-12H3. The smallest absolute Gasteiger partial charge is 0.305 e. The minimum Gasteiger partial charge on any atom is -0.465 e. The highest BCUT2D eigenvalue weighted by Gasteiger charge is 2.41. The van der Waals surface area contributed by atoms with Gasteiger partial charge in [-0.1, -0.05) is 83.1 Å². The molecule has 0 bridgehead atoms. The normalized spacial score (nSPS) is 12.1. The first-order valence-electron chi connectivity index (χ1n) is 22.1. The van der Waals surface area contributed by atoms with E-state index in [9.17, 15) is 28.8 Å². The molecule has 0 aromatic carbocycles. The van der Waals surface area contributed by atoms with Crippen LogP contribution in [0.5, 0.6) is 0 Å². The van der Waals surface area contributed by atoms with Gasteiger partial charge < -0.3 is 33.2 Å². The average molecular weight is 843 g/mol. The Balaban J connectivity index is 6.89. The van der Waals surface area contributed by atoms with Crippen LogP contribution >= 0.6 is 0 Å². The minimum absolute atomic E-state index is 0.159. The molecule has 0 aromatic rings. The lowest BCUT2D eigenvalue weighted by molar-refractivity contribution is -0.175. The highest BCUT2D eigenvalue weighted by atomic mass is 16.6. The number of rotatable bonds is 34. The Morgan fingerprint density at radius 3 is 0.576 bits per heavy atom. The summed E-state index contributed by atoms with van der Waals surface area (Å²) in [5.41, 5.74) is -2.70. The first kappa shape index (κ1) is 55.8. The van der Waals surface area contributed by atoms with Crippen LogP contribution in [0, 0.1) is 46.3 Å². The average Bonchev–Trinajstić information content (AvgIpc) is 3.16. The third-order valence-corrected chi connectivity index (χ3v) is 9.61. The molecular formula is C46H82O13. The molecule has 344 valence electrons. The van der Waals surface area contributed by atoms with Crippen LogP contribution in [-0.4, -0.2) is 88.7 Å². The van der Waals surface area contributed by atoms with Crippen LogP contribution in [0.2, 0.25) is 0 Å². The van der Waals surface area contributed by atoms with Crippen molar-refractivity contribution in [3.05, 3.63) is 0 Å². The molecule has 0 radical (unpaired) electrons. The van der Waals surface area contributed by atoms with Crippen molar-refractivity contribution < 1.29 is 61.9 Å². The van der Waals surface area contributed by atoms with E-state index in [1.54, 1.807) is 0 Å². The Hall–Kier alpha value is -3.22. The van der Waals surface area contributed by atoms with Crippen LogP contribution in [0.15, 0.2) is 0 Å². The van der Waals surface area contributed by atoms with Crippen LogP contribution < -0.4 is 0 Å². The highest BCUT2D eigenvalue weighted by Crippen LogP contribution is 2.28. The monoisotopic (exact) mass is 843 g/mol. The van der Waals surface area contributed by atoms with Crippen molar-refractivity contribution >= 4 is 35.8 Å². The van der Waals surface area contributed by atoms with E-state index >= 15 is 0 Å². The first-order chi connectivity index (χ1) is 27.6. The van der Waals surface area contributed by atoms with Crippen LogP contribution in [-0.2, 0) is 61.9 Å². The van der Waals surface area contributed by atoms with E-state index in [1.165, 1.54) is 0 Å². The van der Waals surface area contributed by atoms with Crippen molar-refractivity contribution in [1.82, 2.24) is 0 Å². The Bertz CT molecular complexity index is 991. The molecule has 0 heterocycles. The maximum Gasteiger partial charge on any atom is 0.305 e. The molecule has 59 heavy (non-hydrogen) atoms. The SMILES string of the molecule is CC(C)CCC(=O)OCC(COCC(COC(=O)CCC(C)C)(COC(=O)CCC(C)C)COC(=O)CCC(C)C)(COC(=O)CCC(C)C)COC(=O)CCC(C)C. The molecule has 0 unspecified atom stereocenters. The van der Waals surface area contributed by atoms with Gasteiger partial charge in [-0.15, -0.1) is 0 Å². The van der Waals surface area contributed by atoms with E-state index < -0.39 is 46.6 Å². The molecule has 13 nitrogen and oxygen atoms in total. The summed E-state index contributed by atoms with van der Waals surface area (Å²) < 4.78 is 41.0. The van der Waals surface area contributed by atoms with E-state index in [2.05, 4.69) is 0 Å². The Morgan fingerprint density at radius 1 is 0.288 bits per heavy atom. The van der Waals surface area contributed by atoms with Gasteiger partial charge in [0.1, 0.15) is 39.6 Å². The fourth-order valence-electron chi connectivity index (χ4n) is 5.26. The predicted molar refractivity (Wildman–Crippen MR) is 226 cm³/mol. The van der Waals surface area contributed by atoms with Gasteiger partial charge in [-0.05, 0) is 74.0 Å². The first-order valence-corrected chi connectivity index (χ1v) is 22.1. The maximum atomic E-state index is 13.0. The van der Waals surface area contributed by atoms with Crippen molar-refractivity contribution in [3.8, 4) is 0 Å². The van der Waals surface area contributed by atoms with Gasteiger partial charge in [0, 0.05) is 38.5 Å². The van der Waals surface area contributed by atoms with Crippen molar-refractivity contribution in [3.63, 3.8) is 0 Å². The second kappa shape index (κ2) is 30.8. The zero-order valence-corrected chi connectivity index (χ0v) is 38.9. The molecule has 0 atom stereocenters. The molecule has 0 aliphatic heterocycles. The molecule has 0 fully saturated rings. The van der Waals surface area contributed by atoms with Gasteiger partial charge in [0.25, 0.3) is 0 Å².